The van der Waals surface area contributed by atoms with Crippen molar-refractivity contribution in [1.82, 2.24) is 0 Å². The second kappa shape index (κ2) is 7.05. The molecule has 0 heterocycles. The van der Waals surface area contributed by atoms with E-state index in [1.54, 1.807) is 5.37 Å². The van der Waals surface area contributed by atoms with Crippen LogP contribution in [0.1, 0.15) is 25.7 Å². The smallest absolute Gasteiger partial charge is 0.0431 e. The van der Waals surface area contributed by atoms with Crippen LogP contribution in [-0.4, -0.2) is 17.1 Å². The van der Waals surface area contributed by atoms with Crippen molar-refractivity contribution in [2.75, 3.05) is 6.61 Å². The van der Waals surface area contributed by atoms with Crippen LogP contribution in [-0.2, 0) is 0 Å². The quantitative estimate of drug-likeness (QED) is 0.452. The summed E-state index contributed by atoms with van der Waals surface area (Å²) < 4.78 is 0. The second-order valence-corrected chi connectivity index (χ2v) is 2.07. The molecular formula is C6H12OS. The number of hydrogen-bond acceptors (Lipinski definition) is 2. The van der Waals surface area contributed by atoms with Crippen LogP contribution in [0.3, 0.4) is 0 Å². The molecule has 1 N–H and O–H groups in total. The third kappa shape index (κ3) is 6.05. The van der Waals surface area contributed by atoms with Crippen LogP contribution >= 0.6 is 12.2 Å². The normalized spacial score (nSPS) is 9.12. The minimum atomic E-state index is 0.317. The summed E-state index contributed by atoms with van der Waals surface area (Å²) in [6, 6.07) is 0. The van der Waals surface area contributed by atoms with Crippen molar-refractivity contribution >= 4 is 17.6 Å². The second-order valence-electron chi connectivity index (χ2n) is 1.74. The molecule has 0 radical (unpaired) electrons. The molecule has 1 nitrogen and oxygen atoms in total. The van der Waals surface area contributed by atoms with Crippen molar-refractivity contribution in [2.45, 2.75) is 25.7 Å². The largest absolute Gasteiger partial charge is 0.396 e. The summed E-state index contributed by atoms with van der Waals surface area (Å²) in [6.45, 7) is 0.317. The Morgan fingerprint density at radius 2 is 2.00 bits per heavy atom. The van der Waals surface area contributed by atoms with Crippen molar-refractivity contribution < 1.29 is 5.11 Å². The van der Waals surface area contributed by atoms with E-state index in [4.69, 9.17) is 5.11 Å². The Morgan fingerprint density at radius 1 is 1.25 bits per heavy atom. The van der Waals surface area contributed by atoms with Gasteiger partial charge in [0.05, 0.1) is 0 Å². The highest BCUT2D eigenvalue weighted by Crippen LogP contribution is 1.95. The van der Waals surface area contributed by atoms with E-state index in [9.17, 15) is 0 Å². The molecule has 0 saturated carbocycles. The molecule has 0 aromatic carbocycles. The molecule has 0 unspecified atom stereocenters. The predicted molar refractivity (Wildman–Crippen MR) is 39.2 cm³/mol. The van der Waals surface area contributed by atoms with Crippen molar-refractivity contribution in [3.05, 3.63) is 0 Å². The zero-order valence-corrected chi connectivity index (χ0v) is 5.78. The monoisotopic (exact) mass is 132 g/mol. The van der Waals surface area contributed by atoms with E-state index in [0.29, 0.717) is 6.61 Å². The van der Waals surface area contributed by atoms with Crippen LogP contribution in [0.5, 0.6) is 0 Å². The molecule has 0 amide bonds. The van der Waals surface area contributed by atoms with Crippen LogP contribution in [0.2, 0.25) is 0 Å². The number of hydrogen-bond donors (Lipinski definition) is 1. The van der Waals surface area contributed by atoms with Gasteiger partial charge in [-0.15, -0.1) is 0 Å². The van der Waals surface area contributed by atoms with Gasteiger partial charge in [-0.25, -0.2) is 0 Å². The van der Waals surface area contributed by atoms with Crippen LogP contribution in [0.15, 0.2) is 0 Å². The van der Waals surface area contributed by atoms with E-state index in [1.165, 1.54) is 0 Å². The van der Waals surface area contributed by atoms with Gasteiger partial charge in [-0.05, 0) is 24.6 Å². The van der Waals surface area contributed by atoms with Gasteiger partial charge < -0.3 is 5.11 Å². The predicted octanol–water partition coefficient (Wildman–Crippen LogP) is 1.54. The lowest BCUT2D eigenvalue weighted by Crippen LogP contribution is -1.82. The first-order valence-electron chi connectivity index (χ1n) is 2.96. The minimum absolute atomic E-state index is 0.317. The molecule has 2 heteroatoms. The van der Waals surface area contributed by atoms with E-state index in [1.807, 2.05) is 0 Å². The van der Waals surface area contributed by atoms with Crippen molar-refractivity contribution in [2.24, 2.45) is 0 Å². The van der Waals surface area contributed by atoms with Crippen LogP contribution < -0.4 is 0 Å². The van der Waals surface area contributed by atoms with Gasteiger partial charge in [-0.3, -0.25) is 0 Å². The fourth-order valence-electron chi connectivity index (χ4n) is 0.516. The molecule has 0 fully saturated rings. The Kier molecular flexibility index (Phi) is 7.09. The lowest BCUT2D eigenvalue weighted by atomic mass is 10.2. The molecule has 0 atom stereocenters. The zero-order chi connectivity index (χ0) is 6.24. The van der Waals surface area contributed by atoms with E-state index in [2.05, 4.69) is 12.2 Å². The highest BCUT2D eigenvalue weighted by atomic mass is 32.1. The lowest BCUT2D eigenvalue weighted by Gasteiger charge is -1.90. The topological polar surface area (TPSA) is 20.2 Å². The molecule has 0 aliphatic heterocycles. The Hall–Kier alpha value is 0.0500. The average molecular weight is 132 g/mol. The number of unbranched alkanes of at least 4 members (excludes halogenated alkanes) is 3. The van der Waals surface area contributed by atoms with Gasteiger partial charge in [0.1, 0.15) is 0 Å². The van der Waals surface area contributed by atoms with Crippen LogP contribution in [0.4, 0.5) is 0 Å². The highest BCUT2D eigenvalue weighted by molar-refractivity contribution is 7.78. The Labute approximate surface area is 55.7 Å². The average Bonchev–Trinajstić information content (AvgIpc) is 1.81. The molecular weight excluding hydrogens is 120 g/mol. The number of aliphatic hydroxyl groups is 1. The zero-order valence-electron chi connectivity index (χ0n) is 4.97. The maximum atomic E-state index is 8.33. The number of rotatable bonds is 5. The van der Waals surface area contributed by atoms with Crippen molar-refractivity contribution in [1.29, 1.82) is 0 Å². The summed E-state index contributed by atoms with van der Waals surface area (Å²) in [5.74, 6) is 0. The molecule has 0 bridgehead atoms. The van der Waals surface area contributed by atoms with Gasteiger partial charge in [0.2, 0.25) is 0 Å². The molecule has 0 aromatic heterocycles. The maximum Gasteiger partial charge on any atom is 0.0431 e. The molecule has 0 spiro atoms. The summed E-state index contributed by atoms with van der Waals surface area (Å²) in [4.78, 5) is 0. The molecule has 0 rings (SSSR count). The highest BCUT2D eigenvalue weighted by Gasteiger charge is 1.82. The molecule has 0 saturated heterocycles. The third-order valence-corrected chi connectivity index (χ3v) is 1.22. The molecule has 48 valence electrons. The molecule has 0 aliphatic carbocycles. The van der Waals surface area contributed by atoms with Gasteiger partial charge in [-0.2, -0.15) is 0 Å². The minimum Gasteiger partial charge on any atom is -0.396 e. The summed E-state index contributed by atoms with van der Waals surface area (Å²) in [6.07, 6.45) is 4.16. The molecule has 0 aromatic rings. The van der Waals surface area contributed by atoms with E-state index < -0.39 is 0 Å². The van der Waals surface area contributed by atoms with E-state index in [0.717, 1.165) is 25.7 Å². The fraction of sp³-hybridized carbons (Fsp3) is 0.833. The van der Waals surface area contributed by atoms with Gasteiger partial charge in [0.25, 0.3) is 0 Å². The lowest BCUT2D eigenvalue weighted by molar-refractivity contribution is 0.283. The van der Waals surface area contributed by atoms with Gasteiger partial charge in [0.15, 0.2) is 0 Å². The number of aliphatic hydroxyl groups excluding tert-OH is 1. The van der Waals surface area contributed by atoms with Gasteiger partial charge in [0, 0.05) is 6.61 Å². The van der Waals surface area contributed by atoms with Crippen LogP contribution in [0.25, 0.3) is 0 Å². The molecule has 8 heavy (non-hydrogen) atoms. The summed E-state index contributed by atoms with van der Waals surface area (Å²) in [5, 5.41) is 10.1. The standard InChI is InChI=1S/C6H12OS/c7-5-3-1-2-4-6-8/h6-7H,1-5H2. The summed E-state index contributed by atoms with van der Waals surface area (Å²) in [7, 11) is 0. The first kappa shape index (κ1) is 8.05. The molecule has 0 aliphatic rings. The summed E-state index contributed by atoms with van der Waals surface area (Å²) in [5.41, 5.74) is 0. The summed E-state index contributed by atoms with van der Waals surface area (Å²) >= 11 is 4.61. The maximum absolute atomic E-state index is 8.33. The van der Waals surface area contributed by atoms with Crippen molar-refractivity contribution in [3.63, 3.8) is 0 Å². The Balaban J connectivity index is 2.62. The van der Waals surface area contributed by atoms with Gasteiger partial charge >= 0.3 is 0 Å². The van der Waals surface area contributed by atoms with E-state index in [-0.39, 0.29) is 0 Å². The Bertz CT molecular complexity index is 54.5. The first-order valence-corrected chi connectivity index (χ1v) is 3.43. The number of thiocarbonyl (C=S) groups is 1. The van der Waals surface area contributed by atoms with Crippen LogP contribution in [0, 0.1) is 0 Å². The van der Waals surface area contributed by atoms with Gasteiger partial charge in [-0.1, -0.05) is 18.6 Å². The fourth-order valence-corrected chi connectivity index (χ4v) is 0.683. The Morgan fingerprint density at radius 3 is 2.50 bits per heavy atom. The van der Waals surface area contributed by atoms with E-state index >= 15 is 0 Å². The SMILES string of the molecule is OCCCCCC=S. The third-order valence-electron chi connectivity index (χ3n) is 0.980. The first-order chi connectivity index (χ1) is 3.91. The van der Waals surface area contributed by atoms with Crippen molar-refractivity contribution in [3.8, 4) is 0 Å².